The largest absolute Gasteiger partial charge is 0.497 e. The second kappa shape index (κ2) is 6.68. The number of nitrogens with two attached hydrogens (primary N) is 1. The van der Waals surface area contributed by atoms with E-state index >= 15 is 0 Å². The molecule has 0 aliphatic carbocycles. The summed E-state index contributed by atoms with van der Waals surface area (Å²) in [6.07, 6.45) is 0.663. The van der Waals surface area contributed by atoms with E-state index in [1.165, 1.54) is 0 Å². The van der Waals surface area contributed by atoms with Crippen LogP contribution in [0.4, 0.5) is 0 Å². The molecule has 0 radical (unpaired) electrons. The quantitative estimate of drug-likeness (QED) is 0.564. The minimum atomic E-state index is -0.431. The Morgan fingerprint density at radius 2 is 1.70 bits per heavy atom. The Kier molecular flexibility index (Phi) is 4.20. The highest BCUT2D eigenvalue weighted by Gasteiger charge is 2.16. The van der Waals surface area contributed by atoms with E-state index in [2.05, 4.69) is 4.98 Å². The Morgan fingerprint density at radius 1 is 1.00 bits per heavy atom. The summed E-state index contributed by atoms with van der Waals surface area (Å²) < 4.78 is 10.7. The second-order valence-corrected chi connectivity index (χ2v) is 6.45. The lowest BCUT2D eigenvalue weighted by Gasteiger charge is -2.10. The number of H-pyrrole nitrogens is 1. The van der Waals surface area contributed by atoms with Gasteiger partial charge in [0.25, 0.3) is 0 Å². The molecule has 0 spiro atoms. The van der Waals surface area contributed by atoms with Gasteiger partial charge in [-0.2, -0.15) is 0 Å². The number of hydrogen-bond acceptors (Lipinski definition) is 3. The van der Waals surface area contributed by atoms with Gasteiger partial charge < -0.3 is 20.2 Å². The van der Waals surface area contributed by atoms with Crippen LogP contribution < -0.4 is 15.2 Å². The molecule has 27 heavy (non-hydrogen) atoms. The number of carbonyl (C=O) groups excluding carboxylic acids is 1. The molecule has 0 aliphatic heterocycles. The standard InChI is InChI=1S/C22H20N2O3/c1-26-15-10-13(11-16(12-15)27-2)9-14-7-8-18(22(23)25)20-17-5-3-4-6-19(17)24-21(14)20/h3-8,10-12,24H,9H2,1-2H3,(H2,23,25). The number of aromatic amines is 1. The summed E-state index contributed by atoms with van der Waals surface area (Å²) in [6.45, 7) is 0. The van der Waals surface area contributed by atoms with Crippen LogP contribution in [0, 0.1) is 0 Å². The highest BCUT2D eigenvalue weighted by atomic mass is 16.5. The predicted molar refractivity (Wildman–Crippen MR) is 107 cm³/mol. The molecule has 1 aromatic heterocycles. The van der Waals surface area contributed by atoms with E-state index in [4.69, 9.17) is 15.2 Å². The first-order valence-electron chi connectivity index (χ1n) is 8.64. The Bertz CT molecular complexity index is 1140. The molecular weight excluding hydrogens is 340 g/mol. The van der Waals surface area contributed by atoms with E-state index in [0.29, 0.717) is 12.0 Å². The lowest BCUT2D eigenvalue weighted by Crippen LogP contribution is -2.11. The van der Waals surface area contributed by atoms with Crippen molar-refractivity contribution in [3.05, 3.63) is 71.3 Å². The third-order valence-electron chi connectivity index (χ3n) is 4.82. The van der Waals surface area contributed by atoms with Gasteiger partial charge in [-0.3, -0.25) is 4.79 Å². The number of rotatable bonds is 5. The molecule has 5 nitrogen and oxygen atoms in total. The maximum Gasteiger partial charge on any atom is 0.249 e. The normalized spacial score (nSPS) is 11.0. The van der Waals surface area contributed by atoms with Crippen LogP contribution in [0.15, 0.2) is 54.6 Å². The number of benzene rings is 3. The van der Waals surface area contributed by atoms with Crippen LogP contribution >= 0.6 is 0 Å². The van der Waals surface area contributed by atoms with Gasteiger partial charge in [0, 0.05) is 27.9 Å². The van der Waals surface area contributed by atoms with Crippen LogP contribution in [-0.2, 0) is 6.42 Å². The van der Waals surface area contributed by atoms with Crippen molar-refractivity contribution in [2.45, 2.75) is 6.42 Å². The third-order valence-corrected chi connectivity index (χ3v) is 4.82. The SMILES string of the molecule is COc1cc(Cc2ccc(C(N)=O)c3c2[nH]c2ccccc23)cc(OC)c1. The molecule has 1 heterocycles. The van der Waals surface area contributed by atoms with Crippen molar-refractivity contribution in [3.8, 4) is 11.5 Å². The Balaban J connectivity index is 1.91. The van der Waals surface area contributed by atoms with E-state index in [1.807, 2.05) is 48.5 Å². The molecule has 0 bridgehead atoms. The highest BCUT2D eigenvalue weighted by Crippen LogP contribution is 2.32. The molecule has 0 saturated carbocycles. The maximum atomic E-state index is 12.0. The predicted octanol–water partition coefficient (Wildman–Crippen LogP) is 4.03. The number of methoxy groups -OCH3 is 2. The zero-order valence-corrected chi connectivity index (χ0v) is 15.2. The number of para-hydroxylation sites is 1. The number of carbonyl (C=O) groups is 1. The number of ether oxygens (including phenoxy) is 2. The first-order chi connectivity index (χ1) is 13.1. The number of nitrogens with one attached hydrogen (secondary N) is 1. The van der Waals surface area contributed by atoms with Crippen molar-refractivity contribution in [1.82, 2.24) is 4.98 Å². The molecule has 0 fully saturated rings. The first-order valence-corrected chi connectivity index (χ1v) is 8.64. The molecule has 3 N–H and O–H groups in total. The van der Waals surface area contributed by atoms with Crippen molar-refractivity contribution in [1.29, 1.82) is 0 Å². The van der Waals surface area contributed by atoms with Crippen LogP contribution in [0.25, 0.3) is 21.8 Å². The minimum absolute atomic E-state index is 0.431. The number of amides is 1. The highest BCUT2D eigenvalue weighted by molar-refractivity contribution is 6.18. The lowest BCUT2D eigenvalue weighted by atomic mass is 9.98. The van der Waals surface area contributed by atoms with Crippen LogP contribution in [0.5, 0.6) is 11.5 Å². The molecular formula is C22H20N2O3. The van der Waals surface area contributed by atoms with Crippen molar-refractivity contribution < 1.29 is 14.3 Å². The van der Waals surface area contributed by atoms with Crippen molar-refractivity contribution >= 4 is 27.7 Å². The van der Waals surface area contributed by atoms with Gasteiger partial charge in [0.1, 0.15) is 11.5 Å². The van der Waals surface area contributed by atoms with Gasteiger partial charge in [0.2, 0.25) is 5.91 Å². The number of primary amides is 1. The van der Waals surface area contributed by atoms with Gasteiger partial charge >= 0.3 is 0 Å². The molecule has 3 aromatic carbocycles. The first kappa shape index (κ1) is 17.0. The fourth-order valence-electron chi connectivity index (χ4n) is 3.55. The summed E-state index contributed by atoms with van der Waals surface area (Å²) in [5.41, 5.74) is 10.2. The van der Waals surface area contributed by atoms with Crippen molar-refractivity contribution in [2.75, 3.05) is 14.2 Å². The van der Waals surface area contributed by atoms with Crippen LogP contribution in [0.2, 0.25) is 0 Å². The molecule has 0 unspecified atom stereocenters. The van der Waals surface area contributed by atoms with Gasteiger partial charge in [-0.1, -0.05) is 24.3 Å². The van der Waals surface area contributed by atoms with Gasteiger partial charge in [0.15, 0.2) is 0 Å². The Labute approximate surface area is 156 Å². The molecule has 4 rings (SSSR count). The fourth-order valence-corrected chi connectivity index (χ4v) is 3.55. The van der Waals surface area contributed by atoms with Gasteiger partial charge in [-0.25, -0.2) is 0 Å². The average Bonchev–Trinajstić information content (AvgIpc) is 3.07. The number of fused-ring (bicyclic) bond motifs is 3. The van der Waals surface area contributed by atoms with E-state index in [9.17, 15) is 4.79 Å². The summed E-state index contributed by atoms with van der Waals surface area (Å²) in [5, 5.41) is 1.86. The van der Waals surface area contributed by atoms with Gasteiger partial charge in [-0.15, -0.1) is 0 Å². The molecule has 0 aliphatic rings. The van der Waals surface area contributed by atoms with Crippen LogP contribution in [0.3, 0.4) is 0 Å². The summed E-state index contributed by atoms with van der Waals surface area (Å²) in [7, 11) is 3.27. The van der Waals surface area contributed by atoms with Crippen molar-refractivity contribution in [2.24, 2.45) is 5.73 Å². The molecule has 0 saturated heterocycles. The summed E-state index contributed by atoms with van der Waals surface area (Å²) in [6, 6.07) is 17.5. The van der Waals surface area contributed by atoms with Crippen molar-refractivity contribution in [3.63, 3.8) is 0 Å². The summed E-state index contributed by atoms with van der Waals surface area (Å²) >= 11 is 0. The fraction of sp³-hybridized carbons (Fsp3) is 0.136. The smallest absolute Gasteiger partial charge is 0.249 e. The Morgan fingerprint density at radius 3 is 2.37 bits per heavy atom. The number of hydrogen-bond donors (Lipinski definition) is 2. The zero-order chi connectivity index (χ0) is 19.0. The molecule has 4 aromatic rings. The molecule has 5 heteroatoms. The van der Waals surface area contributed by atoms with E-state index in [-0.39, 0.29) is 0 Å². The Hall–Kier alpha value is -3.47. The summed E-state index contributed by atoms with van der Waals surface area (Å²) in [4.78, 5) is 15.4. The lowest BCUT2D eigenvalue weighted by molar-refractivity contribution is 0.100. The third kappa shape index (κ3) is 2.97. The van der Waals surface area contributed by atoms with Gasteiger partial charge in [-0.05, 0) is 41.8 Å². The number of aromatic nitrogens is 1. The molecule has 1 amide bonds. The molecule has 136 valence electrons. The summed E-state index contributed by atoms with van der Waals surface area (Å²) in [5.74, 6) is 1.05. The van der Waals surface area contributed by atoms with Gasteiger partial charge in [0.05, 0.1) is 19.7 Å². The minimum Gasteiger partial charge on any atom is -0.497 e. The second-order valence-electron chi connectivity index (χ2n) is 6.45. The van der Waals surface area contributed by atoms with E-state index < -0.39 is 5.91 Å². The van der Waals surface area contributed by atoms with Crippen LogP contribution in [0.1, 0.15) is 21.5 Å². The van der Waals surface area contributed by atoms with E-state index in [0.717, 1.165) is 44.4 Å². The topological polar surface area (TPSA) is 77.3 Å². The monoisotopic (exact) mass is 360 g/mol. The molecule has 0 atom stereocenters. The van der Waals surface area contributed by atoms with E-state index in [1.54, 1.807) is 20.3 Å². The van der Waals surface area contributed by atoms with Crippen LogP contribution in [-0.4, -0.2) is 25.1 Å². The average molecular weight is 360 g/mol. The maximum absolute atomic E-state index is 12.0. The zero-order valence-electron chi connectivity index (χ0n) is 15.2.